The van der Waals surface area contributed by atoms with E-state index in [1.807, 2.05) is 7.05 Å². The van der Waals surface area contributed by atoms with Gasteiger partial charge in [0.1, 0.15) is 4.47 Å². The number of rotatable bonds is 7. The molecule has 17 heavy (non-hydrogen) atoms. The molecule has 0 spiro atoms. The quantitative estimate of drug-likeness (QED) is 0.709. The van der Waals surface area contributed by atoms with Gasteiger partial charge in [-0.05, 0) is 23.0 Å². The molecule has 0 radical (unpaired) electrons. The molecule has 1 rings (SSSR count). The van der Waals surface area contributed by atoms with Gasteiger partial charge in [-0.25, -0.2) is 4.68 Å². The summed E-state index contributed by atoms with van der Waals surface area (Å²) in [5.41, 5.74) is 0.551. The highest BCUT2D eigenvalue weighted by Crippen LogP contribution is 2.15. The standard InChI is InChI=1S/C10H17BrN4O2/c1-12-3-4-13-8-7-14-15(5-6-17-2)10(16)9(8)11/h7,12-13H,3-6H2,1-2H3. The maximum atomic E-state index is 11.9. The fourth-order valence-electron chi connectivity index (χ4n) is 1.25. The van der Waals surface area contributed by atoms with E-state index in [-0.39, 0.29) is 5.56 Å². The van der Waals surface area contributed by atoms with Crippen molar-refractivity contribution in [3.8, 4) is 0 Å². The highest BCUT2D eigenvalue weighted by Gasteiger charge is 2.07. The van der Waals surface area contributed by atoms with E-state index in [2.05, 4.69) is 31.7 Å². The molecule has 0 aliphatic heterocycles. The molecule has 0 aromatic carbocycles. The lowest BCUT2D eigenvalue weighted by atomic mass is 10.4. The second kappa shape index (κ2) is 7.41. The van der Waals surface area contributed by atoms with Crippen molar-refractivity contribution < 1.29 is 4.74 Å². The number of likely N-dealkylation sites (N-methyl/N-ethyl adjacent to an activating group) is 1. The Balaban J connectivity index is 2.76. The summed E-state index contributed by atoms with van der Waals surface area (Å²) in [6.45, 7) is 2.47. The molecule has 1 heterocycles. The Bertz CT molecular complexity index is 408. The van der Waals surface area contributed by atoms with E-state index < -0.39 is 0 Å². The molecule has 0 saturated heterocycles. The van der Waals surface area contributed by atoms with Gasteiger partial charge in [-0.1, -0.05) is 0 Å². The average Bonchev–Trinajstić information content (AvgIpc) is 2.34. The topological polar surface area (TPSA) is 68.2 Å². The zero-order valence-corrected chi connectivity index (χ0v) is 11.6. The van der Waals surface area contributed by atoms with E-state index in [4.69, 9.17) is 4.74 Å². The summed E-state index contributed by atoms with van der Waals surface area (Å²) in [4.78, 5) is 11.9. The van der Waals surface area contributed by atoms with Crippen LogP contribution in [0, 0.1) is 0 Å². The predicted molar refractivity (Wildman–Crippen MR) is 70.5 cm³/mol. The number of anilines is 1. The van der Waals surface area contributed by atoms with Crippen LogP contribution in [-0.4, -0.2) is 43.6 Å². The van der Waals surface area contributed by atoms with Crippen LogP contribution in [-0.2, 0) is 11.3 Å². The molecule has 0 fully saturated rings. The Kier molecular flexibility index (Phi) is 6.17. The molecule has 96 valence electrons. The largest absolute Gasteiger partial charge is 0.383 e. The van der Waals surface area contributed by atoms with E-state index in [9.17, 15) is 4.79 Å². The first-order chi connectivity index (χ1) is 8.20. The van der Waals surface area contributed by atoms with Crippen LogP contribution < -0.4 is 16.2 Å². The van der Waals surface area contributed by atoms with E-state index in [0.29, 0.717) is 23.3 Å². The van der Waals surface area contributed by atoms with Gasteiger partial charge < -0.3 is 15.4 Å². The van der Waals surface area contributed by atoms with E-state index >= 15 is 0 Å². The van der Waals surface area contributed by atoms with Crippen molar-refractivity contribution in [1.82, 2.24) is 15.1 Å². The zero-order valence-electron chi connectivity index (χ0n) is 9.99. The summed E-state index contributed by atoms with van der Waals surface area (Å²) in [6.07, 6.45) is 1.64. The molecule has 1 aromatic rings. The van der Waals surface area contributed by atoms with Gasteiger partial charge in [-0.15, -0.1) is 0 Å². The Morgan fingerprint density at radius 1 is 1.53 bits per heavy atom. The number of aromatic nitrogens is 2. The van der Waals surface area contributed by atoms with Gasteiger partial charge >= 0.3 is 0 Å². The van der Waals surface area contributed by atoms with Crippen LogP contribution in [0.3, 0.4) is 0 Å². The molecular weight excluding hydrogens is 288 g/mol. The van der Waals surface area contributed by atoms with Crippen molar-refractivity contribution in [3.63, 3.8) is 0 Å². The number of ether oxygens (including phenoxy) is 1. The molecule has 0 saturated carbocycles. The summed E-state index contributed by atoms with van der Waals surface area (Å²) in [5.74, 6) is 0. The molecule has 0 aliphatic carbocycles. The monoisotopic (exact) mass is 304 g/mol. The fraction of sp³-hybridized carbons (Fsp3) is 0.600. The Morgan fingerprint density at radius 2 is 2.29 bits per heavy atom. The number of nitrogens with zero attached hydrogens (tertiary/aromatic N) is 2. The Labute approximate surface area is 108 Å². The van der Waals surface area contributed by atoms with Gasteiger partial charge in [0.05, 0.1) is 25.0 Å². The number of halogens is 1. The molecule has 0 amide bonds. The van der Waals surface area contributed by atoms with Gasteiger partial charge in [0.2, 0.25) is 0 Å². The second-order valence-electron chi connectivity index (χ2n) is 3.42. The minimum Gasteiger partial charge on any atom is -0.383 e. The van der Waals surface area contributed by atoms with Crippen molar-refractivity contribution in [3.05, 3.63) is 21.0 Å². The summed E-state index contributed by atoms with van der Waals surface area (Å²) in [7, 11) is 3.46. The normalized spacial score (nSPS) is 10.5. The molecule has 1 aromatic heterocycles. The first kappa shape index (κ1) is 14.1. The Hall–Kier alpha value is -0.920. The lowest BCUT2D eigenvalue weighted by Crippen LogP contribution is -2.27. The summed E-state index contributed by atoms with van der Waals surface area (Å²) in [6, 6.07) is 0. The molecular formula is C10H17BrN4O2. The highest BCUT2D eigenvalue weighted by molar-refractivity contribution is 9.10. The van der Waals surface area contributed by atoms with Crippen molar-refractivity contribution in [1.29, 1.82) is 0 Å². The number of nitrogens with one attached hydrogen (secondary N) is 2. The summed E-state index contributed by atoms with van der Waals surface area (Å²) in [5, 5.41) is 10.2. The van der Waals surface area contributed by atoms with E-state index in [0.717, 1.165) is 13.1 Å². The maximum Gasteiger partial charge on any atom is 0.283 e. The molecule has 0 atom stereocenters. The van der Waals surface area contributed by atoms with Crippen LogP contribution in [0.2, 0.25) is 0 Å². The molecule has 0 bridgehead atoms. The smallest absolute Gasteiger partial charge is 0.283 e. The SMILES string of the molecule is CNCCNc1cnn(CCOC)c(=O)c1Br. The maximum absolute atomic E-state index is 11.9. The van der Waals surface area contributed by atoms with Gasteiger partial charge in [-0.2, -0.15) is 5.10 Å². The highest BCUT2D eigenvalue weighted by atomic mass is 79.9. The third kappa shape index (κ3) is 4.10. The summed E-state index contributed by atoms with van der Waals surface area (Å²) >= 11 is 3.28. The Morgan fingerprint density at radius 3 is 2.94 bits per heavy atom. The van der Waals surface area contributed by atoms with Crippen molar-refractivity contribution in [2.45, 2.75) is 6.54 Å². The average molecular weight is 305 g/mol. The number of methoxy groups -OCH3 is 1. The van der Waals surface area contributed by atoms with Crippen LogP contribution in [0.1, 0.15) is 0 Å². The van der Waals surface area contributed by atoms with Gasteiger partial charge in [0, 0.05) is 20.2 Å². The number of hydrogen-bond acceptors (Lipinski definition) is 5. The van der Waals surface area contributed by atoms with Crippen molar-refractivity contribution >= 4 is 21.6 Å². The van der Waals surface area contributed by atoms with Crippen LogP contribution in [0.4, 0.5) is 5.69 Å². The van der Waals surface area contributed by atoms with Crippen LogP contribution in [0.15, 0.2) is 15.5 Å². The summed E-state index contributed by atoms with van der Waals surface area (Å²) < 4.78 is 6.78. The van der Waals surface area contributed by atoms with Gasteiger partial charge in [0.25, 0.3) is 5.56 Å². The van der Waals surface area contributed by atoms with E-state index in [1.54, 1.807) is 13.3 Å². The van der Waals surface area contributed by atoms with Crippen LogP contribution in [0.5, 0.6) is 0 Å². The van der Waals surface area contributed by atoms with Crippen LogP contribution in [0.25, 0.3) is 0 Å². The minimum atomic E-state index is -0.156. The third-order valence-electron chi connectivity index (χ3n) is 2.18. The lowest BCUT2D eigenvalue weighted by molar-refractivity contribution is 0.181. The first-order valence-corrected chi connectivity index (χ1v) is 6.13. The molecule has 0 aliphatic rings. The van der Waals surface area contributed by atoms with E-state index in [1.165, 1.54) is 4.68 Å². The van der Waals surface area contributed by atoms with Gasteiger partial charge in [-0.3, -0.25) is 4.79 Å². The fourth-order valence-corrected chi connectivity index (χ4v) is 1.69. The second-order valence-corrected chi connectivity index (χ2v) is 4.22. The first-order valence-electron chi connectivity index (χ1n) is 5.33. The third-order valence-corrected chi connectivity index (χ3v) is 2.95. The molecule has 0 unspecified atom stereocenters. The number of hydrogen-bond donors (Lipinski definition) is 2. The predicted octanol–water partition coefficient (Wildman–Crippen LogP) is 0.283. The molecule has 7 heteroatoms. The lowest BCUT2D eigenvalue weighted by Gasteiger charge is -2.09. The minimum absolute atomic E-state index is 0.156. The van der Waals surface area contributed by atoms with Crippen LogP contribution >= 0.6 is 15.9 Å². The molecule has 6 nitrogen and oxygen atoms in total. The zero-order chi connectivity index (χ0) is 12.7. The van der Waals surface area contributed by atoms with Crippen molar-refractivity contribution in [2.75, 3.05) is 39.2 Å². The molecule has 2 N–H and O–H groups in total. The van der Waals surface area contributed by atoms with Crippen molar-refractivity contribution in [2.24, 2.45) is 0 Å². The van der Waals surface area contributed by atoms with Gasteiger partial charge in [0.15, 0.2) is 0 Å².